The summed E-state index contributed by atoms with van der Waals surface area (Å²) in [5.74, 6) is -1.01. The van der Waals surface area contributed by atoms with Crippen molar-refractivity contribution in [3.63, 3.8) is 0 Å². The molecule has 370 valence electrons. The maximum absolute atomic E-state index is 12.8. The molecule has 0 aliphatic rings. The molecule has 0 aliphatic carbocycles. The third-order valence-corrected chi connectivity index (χ3v) is 11.2. The van der Waals surface area contributed by atoms with Crippen molar-refractivity contribution in [2.24, 2.45) is 0 Å². The number of hydrogen-bond acceptors (Lipinski definition) is 6. The third-order valence-electron chi connectivity index (χ3n) is 11.2. The Morgan fingerprint density at radius 2 is 0.677 bits per heavy atom. The van der Waals surface area contributed by atoms with Crippen LogP contribution in [0.4, 0.5) is 0 Å². The Labute approximate surface area is 400 Å². The normalized spacial score (nSPS) is 12.8. The predicted molar refractivity (Wildman–Crippen MR) is 279 cm³/mol. The molecule has 0 aliphatic heterocycles. The van der Waals surface area contributed by atoms with Crippen LogP contribution in [0.25, 0.3) is 0 Å². The standard InChI is InChI=1S/C59H98O6/c1-4-7-10-13-16-19-22-25-27-29-30-32-34-37-40-43-46-49-52-58(61)64-55-56(54-63-57(60)51-48-45-42-39-36-33-24-21-18-15-12-9-6-3)65-59(62)53-50-47-44-41-38-35-31-28-26-23-20-17-14-11-8-5-2/h10,13,16,19,22,25,27-33,36,42,45,56H,4-9,11-12,14-15,17-18,20-21,23-24,26,34-35,37-41,43-44,46-55H2,1-3H3/b13-10-,19-16-,25-22-,29-27-,31-28-,32-30-,36-33-,45-42-. The van der Waals surface area contributed by atoms with Crippen LogP contribution in [0.2, 0.25) is 0 Å². The molecule has 0 heterocycles. The maximum Gasteiger partial charge on any atom is 0.306 e. The molecule has 0 fully saturated rings. The second-order valence-electron chi connectivity index (χ2n) is 17.5. The van der Waals surface area contributed by atoms with Crippen LogP contribution in [-0.2, 0) is 28.6 Å². The molecular formula is C59H98O6. The lowest BCUT2D eigenvalue weighted by Gasteiger charge is -2.18. The minimum Gasteiger partial charge on any atom is -0.462 e. The van der Waals surface area contributed by atoms with Gasteiger partial charge in [0.05, 0.1) is 0 Å². The number of hydrogen-bond donors (Lipinski definition) is 0. The fraction of sp³-hybridized carbons (Fsp3) is 0.678. The Hall–Kier alpha value is -3.67. The SMILES string of the molecule is CCC\C=C/C=C\C=C/C=C\C=C/CCCCCCCC(=O)OCC(COC(=O)CC/C=C\C/C=C\CCCCCCCC)OC(=O)CCCCCCC/C=C\CCCCCCCCC. The minimum atomic E-state index is -0.816. The first-order chi connectivity index (χ1) is 32.0. The Morgan fingerprint density at radius 1 is 0.323 bits per heavy atom. The molecule has 0 spiro atoms. The van der Waals surface area contributed by atoms with Gasteiger partial charge in [-0.3, -0.25) is 14.4 Å². The van der Waals surface area contributed by atoms with Crippen molar-refractivity contribution >= 4 is 17.9 Å². The summed E-state index contributed by atoms with van der Waals surface area (Å²) in [6, 6.07) is 0. The topological polar surface area (TPSA) is 78.9 Å². The zero-order valence-corrected chi connectivity index (χ0v) is 42.2. The van der Waals surface area contributed by atoms with Gasteiger partial charge in [-0.15, -0.1) is 0 Å². The van der Waals surface area contributed by atoms with E-state index >= 15 is 0 Å². The number of carbonyl (C=O) groups is 3. The molecule has 6 heteroatoms. The van der Waals surface area contributed by atoms with Gasteiger partial charge < -0.3 is 14.2 Å². The van der Waals surface area contributed by atoms with Gasteiger partial charge in [0, 0.05) is 19.3 Å². The van der Waals surface area contributed by atoms with Crippen LogP contribution in [0.15, 0.2) is 97.2 Å². The Kier molecular flexibility index (Phi) is 50.0. The Balaban J connectivity index is 4.51. The van der Waals surface area contributed by atoms with Gasteiger partial charge in [-0.2, -0.15) is 0 Å². The van der Waals surface area contributed by atoms with Crippen LogP contribution in [0, 0.1) is 0 Å². The van der Waals surface area contributed by atoms with Crippen LogP contribution < -0.4 is 0 Å². The van der Waals surface area contributed by atoms with Crippen molar-refractivity contribution in [1.29, 1.82) is 0 Å². The van der Waals surface area contributed by atoms with Gasteiger partial charge in [0.15, 0.2) is 6.10 Å². The molecule has 0 rings (SSSR count). The molecule has 0 aromatic rings. The fourth-order valence-corrected chi connectivity index (χ4v) is 7.11. The molecule has 0 bridgehead atoms. The predicted octanol–water partition coefficient (Wildman–Crippen LogP) is 17.8. The van der Waals surface area contributed by atoms with E-state index in [1.54, 1.807) is 0 Å². The van der Waals surface area contributed by atoms with Crippen LogP contribution >= 0.6 is 0 Å². The molecule has 0 N–H and O–H groups in total. The monoisotopic (exact) mass is 903 g/mol. The minimum absolute atomic E-state index is 0.112. The third kappa shape index (κ3) is 51.2. The highest BCUT2D eigenvalue weighted by atomic mass is 16.6. The molecule has 0 saturated heterocycles. The highest BCUT2D eigenvalue weighted by Gasteiger charge is 2.19. The molecule has 0 radical (unpaired) electrons. The molecule has 0 aromatic heterocycles. The lowest BCUT2D eigenvalue weighted by atomic mass is 10.1. The zero-order chi connectivity index (χ0) is 47.2. The summed E-state index contributed by atoms with van der Waals surface area (Å²) in [7, 11) is 0. The van der Waals surface area contributed by atoms with E-state index in [4.69, 9.17) is 14.2 Å². The van der Waals surface area contributed by atoms with E-state index in [1.165, 1.54) is 103 Å². The summed E-state index contributed by atoms with van der Waals surface area (Å²) in [4.78, 5) is 38.0. The van der Waals surface area contributed by atoms with E-state index in [2.05, 4.69) is 87.6 Å². The average Bonchev–Trinajstić information content (AvgIpc) is 3.30. The summed E-state index contributed by atoms with van der Waals surface area (Å²) >= 11 is 0. The molecule has 0 saturated carbocycles. The first-order valence-electron chi connectivity index (χ1n) is 26.8. The van der Waals surface area contributed by atoms with E-state index < -0.39 is 6.10 Å². The average molecular weight is 903 g/mol. The molecule has 0 aromatic carbocycles. The van der Waals surface area contributed by atoms with Crippen LogP contribution in [0.1, 0.15) is 239 Å². The molecule has 0 amide bonds. The summed E-state index contributed by atoms with van der Waals surface area (Å²) in [5, 5.41) is 0. The number of ether oxygens (including phenoxy) is 3. The Morgan fingerprint density at radius 3 is 1.15 bits per heavy atom. The van der Waals surface area contributed by atoms with Crippen molar-refractivity contribution in [1.82, 2.24) is 0 Å². The Bertz CT molecular complexity index is 1310. The van der Waals surface area contributed by atoms with E-state index in [0.29, 0.717) is 19.3 Å². The second kappa shape index (κ2) is 52.9. The van der Waals surface area contributed by atoms with Gasteiger partial charge in [-0.1, -0.05) is 234 Å². The van der Waals surface area contributed by atoms with Crippen molar-refractivity contribution < 1.29 is 28.6 Å². The van der Waals surface area contributed by atoms with Gasteiger partial charge in [-0.25, -0.2) is 0 Å². The number of carbonyl (C=O) groups excluding carboxylic acids is 3. The lowest BCUT2D eigenvalue weighted by Crippen LogP contribution is -2.30. The first kappa shape index (κ1) is 61.3. The van der Waals surface area contributed by atoms with Crippen LogP contribution in [-0.4, -0.2) is 37.2 Å². The molecule has 6 nitrogen and oxygen atoms in total. The zero-order valence-electron chi connectivity index (χ0n) is 42.2. The number of unbranched alkanes of at least 4 members (excludes halogenated alkanes) is 24. The molecular weight excluding hydrogens is 805 g/mol. The van der Waals surface area contributed by atoms with Gasteiger partial charge in [0.25, 0.3) is 0 Å². The molecule has 1 atom stereocenters. The van der Waals surface area contributed by atoms with Gasteiger partial charge in [-0.05, 0) is 83.5 Å². The number of allylic oxidation sites excluding steroid dienone is 16. The van der Waals surface area contributed by atoms with E-state index in [0.717, 1.165) is 89.9 Å². The summed E-state index contributed by atoms with van der Waals surface area (Å²) in [5.41, 5.74) is 0. The van der Waals surface area contributed by atoms with Crippen LogP contribution in [0.3, 0.4) is 0 Å². The van der Waals surface area contributed by atoms with E-state index in [-0.39, 0.29) is 37.5 Å². The van der Waals surface area contributed by atoms with Crippen LogP contribution in [0.5, 0.6) is 0 Å². The largest absolute Gasteiger partial charge is 0.462 e. The smallest absolute Gasteiger partial charge is 0.306 e. The van der Waals surface area contributed by atoms with E-state index in [9.17, 15) is 14.4 Å². The van der Waals surface area contributed by atoms with Crippen molar-refractivity contribution in [2.75, 3.05) is 13.2 Å². The highest BCUT2D eigenvalue weighted by Crippen LogP contribution is 2.13. The molecule has 65 heavy (non-hydrogen) atoms. The maximum atomic E-state index is 12.8. The number of rotatable bonds is 47. The fourth-order valence-electron chi connectivity index (χ4n) is 7.11. The second-order valence-corrected chi connectivity index (χ2v) is 17.5. The lowest BCUT2D eigenvalue weighted by molar-refractivity contribution is -0.166. The quantitative estimate of drug-likeness (QED) is 0.0199. The summed E-state index contributed by atoms with van der Waals surface area (Å²) in [6.45, 7) is 6.45. The highest BCUT2D eigenvalue weighted by molar-refractivity contribution is 5.71. The first-order valence-corrected chi connectivity index (χ1v) is 26.8. The number of esters is 3. The van der Waals surface area contributed by atoms with Crippen molar-refractivity contribution in [3.05, 3.63) is 97.2 Å². The van der Waals surface area contributed by atoms with Gasteiger partial charge in [0.1, 0.15) is 13.2 Å². The summed E-state index contributed by atoms with van der Waals surface area (Å²) in [6.07, 6.45) is 69.7. The molecule has 1 unspecified atom stereocenters. The van der Waals surface area contributed by atoms with Gasteiger partial charge in [0.2, 0.25) is 0 Å². The van der Waals surface area contributed by atoms with Crippen molar-refractivity contribution in [2.45, 2.75) is 245 Å². The van der Waals surface area contributed by atoms with E-state index in [1.807, 2.05) is 30.4 Å². The van der Waals surface area contributed by atoms with Gasteiger partial charge >= 0.3 is 17.9 Å². The summed E-state index contributed by atoms with van der Waals surface area (Å²) < 4.78 is 16.7. The van der Waals surface area contributed by atoms with Crippen molar-refractivity contribution in [3.8, 4) is 0 Å².